The van der Waals surface area contributed by atoms with Crippen LogP contribution in [0, 0.1) is 0 Å². The van der Waals surface area contributed by atoms with Gasteiger partial charge in [-0.1, -0.05) is 12.1 Å². The molecular formula is C11H15NO3. The normalized spacial score (nSPS) is 9.73. The average Bonchev–Trinajstić information content (AvgIpc) is 2.29. The largest absolute Gasteiger partial charge is 0.497 e. The van der Waals surface area contributed by atoms with Gasteiger partial charge in [0.05, 0.1) is 20.3 Å². The molecule has 0 fully saturated rings. The van der Waals surface area contributed by atoms with Crippen molar-refractivity contribution in [2.24, 2.45) is 5.73 Å². The van der Waals surface area contributed by atoms with Crippen molar-refractivity contribution in [3.05, 3.63) is 29.8 Å². The number of carbonyl (C=O) groups is 1. The lowest BCUT2D eigenvalue weighted by Gasteiger charge is -2.04. The second-order valence-corrected chi connectivity index (χ2v) is 3.02. The molecule has 1 rings (SSSR count). The van der Waals surface area contributed by atoms with Crippen molar-refractivity contribution in [3.63, 3.8) is 0 Å². The van der Waals surface area contributed by atoms with Gasteiger partial charge in [0.2, 0.25) is 0 Å². The average molecular weight is 209 g/mol. The number of carbonyl (C=O) groups excluding carboxylic acids is 1. The molecule has 0 aliphatic carbocycles. The highest BCUT2D eigenvalue weighted by Gasteiger charge is 1.99. The Morgan fingerprint density at radius 3 is 2.53 bits per heavy atom. The Kier molecular flexibility index (Phi) is 4.63. The van der Waals surface area contributed by atoms with Crippen LogP contribution >= 0.6 is 0 Å². The smallest absolute Gasteiger partial charge is 0.319 e. The van der Waals surface area contributed by atoms with Gasteiger partial charge in [-0.15, -0.1) is 0 Å². The van der Waals surface area contributed by atoms with Crippen LogP contribution in [-0.2, 0) is 16.0 Å². The van der Waals surface area contributed by atoms with Crippen LogP contribution < -0.4 is 10.5 Å². The Balaban J connectivity index is 2.34. The van der Waals surface area contributed by atoms with E-state index in [9.17, 15) is 4.79 Å². The Labute approximate surface area is 89.0 Å². The third-order valence-corrected chi connectivity index (χ3v) is 1.98. The SMILES string of the molecule is COc1ccc(CCOC(=O)CN)cc1. The molecule has 2 N–H and O–H groups in total. The summed E-state index contributed by atoms with van der Waals surface area (Å²) >= 11 is 0. The van der Waals surface area contributed by atoms with Gasteiger partial charge in [0, 0.05) is 6.42 Å². The molecule has 0 amide bonds. The van der Waals surface area contributed by atoms with E-state index in [-0.39, 0.29) is 12.5 Å². The van der Waals surface area contributed by atoms with Crippen LogP contribution in [0.3, 0.4) is 0 Å². The molecule has 1 aromatic rings. The van der Waals surface area contributed by atoms with E-state index in [1.807, 2.05) is 24.3 Å². The van der Waals surface area contributed by atoms with Gasteiger partial charge in [-0.05, 0) is 17.7 Å². The minimum atomic E-state index is -0.372. The van der Waals surface area contributed by atoms with E-state index < -0.39 is 0 Å². The monoisotopic (exact) mass is 209 g/mol. The van der Waals surface area contributed by atoms with Crippen molar-refractivity contribution in [1.29, 1.82) is 0 Å². The van der Waals surface area contributed by atoms with Crippen molar-refractivity contribution >= 4 is 5.97 Å². The molecule has 0 saturated carbocycles. The molecule has 0 unspecified atom stereocenters. The summed E-state index contributed by atoms with van der Waals surface area (Å²) in [6.45, 7) is 0.297. The van der Waals surface area contributed by atoms with Crippen molar-refractivity contribution in [2.75, 3.05) is 20.3 Å². The zero-order chi connectivity index (χ0) is 11.1. The van der Waals surface area contributed by atoms with Gasteiger partial charge < -0.3 is 15.2 Å². The highest BCUT2D eigenvalue weighted by atomic mass is 16.5. The minimum Gasteiger partial charge on any atom is -0.497 e. The predicted octanol–water partition coefficient (Wildman–Crippen LogP) is 0.740. The lowest BCUT2D eigenvalue weighted by Crippen LogP contribution is -2.17. The first-order valence-electron chi connectivity index (χ1n) is 4.75. The number of hydrogen-bond acceptors (Lipinski definition) is 4. The summed E-state index contributed by atoms with van der Waals surface area (Å²) < 4.78 is 9.88. The minimum absolute atomic E-state index is 0.0669. The summed E-state index contributed by atoms with van der Waals surface area (Å²) in [4.78, 5) is 10.7. The van der Waals surface area contributed by atoms with E-state index >= 15 is 0 Å². The van der Waals surface area contributed by atoms with Gasteiger partial charge in [0.25, 0.3) is 0 Å². The van der Waals surface area contributed by atoms with Crippen LogP contribution in [-0.4, -0.2) is 26.2 Å². The van der Waals surface area contributed by atoms with Crippen molar-refractivity contribution in [3.8, 4) is 5.75 Å². The number of rotatable bonds is 5. The molecule has 4 nitrogen and oxygen atoms in total. The Hall–Kier alpha value is -1.55. The van der Waals surface area contributed by atoms with Crippen molar-refractivity contribution in [1.82, 2.24) is 0 Å². The van der Waals surface area contributed by atoms with Crippen LogP contribution in [0.25, 0.3) is 0 Å². The number of methoxy groups -OCH3 is 1. The molecule has 15 heavy (non-hydrogen) atoms. The zero-order valence-corrected chi connectivity index (χ0v) is 8.73. The predicted molar refractivity (Wildman–Crippen MR) is 56.7 cm³/mol. The maximum Gasteiger partial charge on any atom is 0.319 e. The molecule has 82 valence electrons. The van der Waals surface area contributed by atoms with Gasteiger partial charge in [-0.3, -0.25) is 4.79 Å². The first-order valence-corrected chi connectivity index (χ1v) is 4.75. The summed E-state index contributed by atoms with van der Waals surface area (Å²) in [5.74, 6) is 0.446. The van der Waals surface area contributed by atoms with E-state index in [0.717, 1.165) is 11.3 Å². The van der Waals surface area contributed by atoms with Gasteiger partial charge in [-0.2, -0.15) is 0 Å². The first kappa shape index (κ1) is 11.5. The van der Waals surface area contributed by atoms with E-state index in [2.05, 4.69) is 0 Å². The van der Waals surface area contributed by atoms with Gasteiger partial charge >= 0.3 is 5.97 Å². The maximum absolute atomic E-state index is 10.7. The van der Waals surface area contributed by atoms with E-state index in [4.69, 9.17) is 15.2 Å². The molecule has 0 heterocycles. The van der Waals surface area contributed by atoms with Crippen molar-refractivity contribution in [2.45, 2.75) is 6.42 Å². The third kappa shape index (κ3) is 3.99. The van der Waals surface area contributed by atoms with Crippen LogP contribution in [0.5, 0.6) is 5.75 Å². The third-order valence-electron chi connectivity index (χ3n) is 1.98. The second kappa shape index (κ2) is 6.03. The molecule has 0 radical (unpaired) electrons. The topological polar surface area (TPSA) is 61.5 Å². The molecule has 1 aromatic carbocycles. The number of esters is 1. The Morgan fingerprint density at radius 1 is 1.33 bits per heavy atom. The standard InChI is InChI=1S/C11H15NO3/c1-14-10-4-2-9(3-5-10)6-7-15-11(13)8-12/h2-5H,6-8,12H2,1H3. The fourth-order valence-corrected chi connectivity index (χ4v) is 1.13. The first-order chi connectivity index (χ1) is 7.26. The van der Waals surface area contributed by atoms with Gasteiger partial charge in [-0.25, -0.2) is 0 Å². The summed E-state index contributed by atoms with van der Waals surface area (Å²) in [5.41, 5.74) is 6.20. The quantitative estimate of drug-likeness (QED) is 0.726. The molecule has 0 saturated heterocycles. The van der Waals surface area contributed by atoms with Gasteiger partial charge in [0.15, 0.2) is 0 Å². The van der Waals surface area contributed by atoms with Gasteiger partial charge in [0.1, 0.15) is 5.75 Å². The highest BCUT2D eigenvalue weighted by molar-refractivity contribution is 5.71. The van der Waals surface area contributed by atoms with Crippen LogP contribution in [0.15, 0.2) is 24.3 Å². The molecule has 0 aliphatic heterocycles. The summed E-state index contributed by atoms with van der Waals surface area (Å²) in [5, 5.41) is 0. The van der Waals surface area contributed by atoms with Crippen LogP contribution in [0.2, 0.25) is 0 Å². The number of hydrogen-bond donors (Lipinski definition) is 1. The molecule has 0 bridgehead atoms. The van der Waals surface area contributed by atoms with E-state index in [1.165, 1.54) is 0 Å². The maximum atomic E-state index is 10.7. The van der Waals surface area contributed by atoms with Crippen LogP contribution in [0.1, 0.15) is 5.56 Å². The zero-order valence-electron chi connectivity index (χ0n) is 8.73. The fraction of sp³-hybridized carbons (Fsp3) is 0.364. The van der Waals surface area contributed by atoms with E-state index in [0.29, 0.717) is 13.0 Å². The summed E-state index contributed by atoms with van der Waals surface area (Å²) in [7, 11) is 1.62. The molecule has 0 atom stereocenters. The number of ether oxygens (including phenoxy) is 2. The summed E-state index contributed by atoms with van der Waals surface area (Å²) in [6, 6.07) is 7.63. The molecular weight excluding hydrogens is 194 g/mol. The van der Waals surface area contributed by atoms with E-state index in [1.54, 1.807) is 7.11 Å². The molecule has 0 aliphatic rings. The molecule has 4 heteroatoms. The number of benzene rings is 1. The highest BCUT2D eigenvalue weighted by Crippen LogP contribution is 2.11. The lowest BCUT2D eigenvalue weighted by atomic mass is 10.1. The fourth-order valence-electron chi connectivity index (χ4n) is 1.13. The molecule has 0 aromatic heterocycles. The lowest BCUT2D eigenvalue weighted by molar-refractivity contribution is -0.141. The molecule has 0 spiro atoms. The second-order valence-electron chi connectivity index (χ2n) is 3.02. The Bertz CT molecular complexity index is 308. The number of nitrogens with two attached hydrogens (primary N) is 1. The summed E-state index contributed by atoms with van der Waals surface area (Å²) in [6.07, 6.45) is 0.690. The Morgan fingerprint density at radius 2 is 2.00 bits per heavy atom. The van der Waals surface area contributed by atoms with Crippen LogP contribution in [0.4, 0.5) is 0 Å². The van der Waals surface area contributed by atoms with Crippen molar-refractivity contribution < 1.29 is 14.3 Å².